The molecule has 2 amide bonds. The van der Waals surface area contributed by atoms with Crippen LogP contribution in [0.1, 0.15) is 19.3 Å². The minimum atomic E-state index is -4.26. The number of alkyl halides is 3. The number of carboxylic acid groups (broad SMARTS) is 1. The second kappa shape index (κ2) is 5.49. The molecule has 0 spiro atoms. The van der Waals surface area contributed by atoms with Crippen molar-refractivity contribution in [2.45, 2.75) is 25.4 Å². The van der Waals surface area contributed by atoms with E-state index in [1.807, 2.05) is 0 Å². The number of hydrogen-bond acceptors (Lipinski definition) is 2. The molecular weight excluding hydrogens is 277 g/mol. The van der Waals surface area contributed by atoms with E-state index in [-0.39, 0.29) is 25.3 Å². The van der Waals surface area contributed by atoms with Gasteiger partial charge < -0.3 is 14.9 Å². The number of carboxylic acids is 1. The van der Waals surface area contributed by atoms with Gasteiger partial charge in [-0.25, -0.2) is 4.79 Å². The van der Waals surface area contributed by atoms with E-state index in [0.717, 1.165) is 0 Å². The van der Waals surface area contributed by atoms with E-state index in [2.05, 4.69) is 0 Å². The van der Waals surface area contributed by atoms with Gasteiger partial charge in [0, 0.05) is 32.1 Å². The smallest absolute Gasteiger partial charge is 0.393 e. The van der Waals surface area contributed by atoms with Crippen LogP contribution < -0.4 is 0 Å². The van der Waals surface area contributed by atoms with Gasteiger partial charge in [0.25, 0.3) is 0 Å². The molecule has 0 radical (unpaired) electrons. The van der Waals surface area contributed by atoms with Crippen LogP contribution in [-0.4, -0.2) is 59.3 Å². The predicted octanol–water partition coefficient (Wildman–Crippen LogP) is 1.79. The lowest BCUT2D eigenvalue weighted by molar-refractivity contribution is -0.184. The van der Waals surface area contributed by atoms with Gasteiger partial charge in [0.2, 0.25) is 0 Å². The lowest BCUT2D eigenvalue weighted by Gasteiger charge is -2.43. The molecule has 0 aromatic rings. The van der Waals surface area contributed by atoms with E-state index in [4.69, 9.17) is 5.11 Å². The number of nitrogens with zero attached hydrogens (tertiary/aromatic N) is 2. The number of carbonyl (C=O) groups is 2. The Labute approximate surface area is 114 Å². The molecule has 1 unspecified atom stereocenters. The summed E-state index contributed by atoms with van der Waals surface area (Å²) in [5, 5.41) is 8.61. The summed E-state index contributed by atoms with van der Waals surface area (Å²) in [6, 6.07) is -0.402. The van der Waals surface area contributed by atoms with E-state index in [9.17, 15) is 22.8 Å². The maximum atomic E-state index is 12.7. The van der Waals surface area contributed by atoms with Gasteiger partial charge >= 0.3 is 18.2 Å². The first kappa shape index (κ1) is 14.9. The van der Waals surface area contributed by atoms with Crippen LogP contribution in [0.3, 0.4) is 0 Å². The quantitative estimate of drug-likeness (QED) is 0.844. The van der Waals surface area contributed by atoms with Crippen molar-refractivity contribution in [3.8, 4) is 0 Å². The number of carbonyl (C=O) groups excluding carboxylic acids is 1. The highest BCUT2D eigenvalue weighted by Crippen LogP contribution is 2.34. The normalized spacial score (nSPS) is 24.4. The highest BCUT2D eigenvalue weighted by molar-refractivity contribution is 5.76. The first-order valence-corrected chi connectivity index (χ1v) is 6.59. The molecule has 8 heteroatoms. The van der Waals surface area contributed by atoms with Crippen molar-refractivity contribution in [2.75, 3.05) is 26.2 Å². The van der Waals surface area contributed by atoms with Gasteiger partial charge in [0.15, 0.2) is 0 Å². The van der Waals surface area contributed by atoms with Gasteiger partial charge in [-0.05, 0) is 12.8 Å². The van der Waals surface area contributed by atoms with Gasteiger partial charge in [-0.15, -0.1) is 0 Å². The van der Waals surface area contributed by atoms with Gasteiger partial charge in [0.05, 0.1) is 12.3 Å². The number of amides is 2. The molecule has 114 valence electrons. The fourth-order valence-corrected chi connectivity index (χ4v) is 2.72. The average Bonchev–Trinajstić information content (AvgIpc) is 2.31. The molecule has 2 saturated heterocycles. The number of piperidine rings is 1. The Morgan fingerprint density at radius 3 is 2.35 bits per heavy atom. The standard InChI is InChI=1S/C12H17F3N2O3/c13-12(14,15)9-2-1-3-16(7-9)11(20)17-5-8(6-17)4-10(18)19/h8-9H,1-7H2,(H,18,19). The molecule has 0 bridgehead atoms. The average molecular weight is 294 g/mol. The summed E-state index contributed by atoms with van der Waals surface area (Å²) < 4.78 is 38.0. The number of likely N-dealkylation sites (tertiary alicyclic amines) is 2. The molecule has 2 fully saturated rings. The van der Waals surface area contributed by atoms with Crippen LogP contribution in [0.25, 0.3) is 0 Å². The molecule has 0 aromatic carbocycles. The van der Waals surface area contributed by atoms with Crippen molar-refractivity contribution < 1.29 is 27.9 Å². The second-order valence-corrected chi connectivity index (χ2v) is 5.48. The third-order valence-corrected chi connectivity index (χ3v) is 3.85. The first-order chi connectivity index (χ1) is 9.27. The summed E-state index contributed by atoms with van der Waals surface area (Å²) in [4.78, 5) is 25.2. The molecule has 2 aliphatic rings. The third kappa shape index (κ3) is 3.34. The summed E-state index contributed by atoms with van der Waals surface area (Å²) >= 11 is 0. The number of aliphatic carboxylic acids is 1. The monoisotopic (exact) mass is 294 g/mol. The van der Waals surface area contributed by atoms with Crippen LogP contribution in [-0.2, 0) is 4.79 Å². The Morgan fingerprint density at radius 2 is 1.80 bits per heavy atom. The van der Waals surface area contributed by atoms with Crippen LogP contribution in [0.2, 0.25) is 0 Å². The third-order valence-electron chi connectivity index (χ3n) is 3.85. The van der Waals surface area contributed by atoms with Crippen molar-refractivity contribution in [1.29, 1.82) is 0 Å². The van der Waals surface area contributed by atoms with E-state index in [0.29, 0.717) is 26.1 Å². The highest BCUT2D eigenvalue weighted by atomic mass is 19.4. The first-order valence-electron chi connectivity index (χ1n) is 6.59. The lowest BCUT2D eigenvalue weighted by Crippen LogP contribution is -2.57. The van der Waals surface area contributed by atoms with Gasteiger partial charge in [-0.3, -0.25) is 4.79 Å². The zero-order valence-electron chi connectivity index (χ0n) is 10.9. The molecule has 1 atom stereocenters. The Morgan fingerprint density at radius 1 is 1.15 bits per heavy atom. The Bertz CT molecular complexity index is 394. The van der Waals surface area contributed by atoms with E-state index in [1.54, 1.807) is 0 Å². The molecule has 20 heavy (non-hydrogen) atoms. The van der Waals surface area contributed by atoms with Gasteiger partial charge in [0.1, 0.15) is 0 Å². The van der Waals surface area contributed by atoms with Crippen molar-refractivity contribution >= 4 is 12.0 Å². The van der Waals surface area contributed by atoms with E-state index >= 15 is 0 Å². The summed E-state index contributed by atoms with van der Waals surface area (Å²) in [6.07, 6.45) is -3.86. The summed E-state index contributed by atoms with van der Waals surface area (Å²) in [5.74, 6) is -2.45. The van der Waals surface area contributed by atoms with E-state index < -0.39 is 24.1 Å². The molecule has 0 aromatic heterocycles. The Balaban J connectivity index is 1.83. The number of urea groups is 1. The van der Waals surface area contributed by atoms with Crippen LogP contribution in [0.4, 0.5) is 18.0 Å². The van der Waals surface area contributed by atoms with Crippen LogP contribution in [0.5, 0.6) is 0 Å². The second-order valence-electron chi connectivity index (χ2n) is 5.48. The largest absolute Gasteiger partial charge is 0.481 e. The van der Waals surface area contributed by atoms with Crippen LogP contribution in [0.15, 0.2) is 0 Å². The maximum Gasteiger partial charge on any atom is 0.393 e. The zero-order valence-corrected chi connectivity index (χ0v) is 10.9. The molecule has 0 saturated carbocycles. The minimum absolute atomic E-state index is 0.00500. The molecule has 2 heterocycles. The SMILES string of the molecule is O=C(O)CC1CN(C(=O)N2CCCC(C(F)(F)F)C2)C1. The topological polar surface area (TPSA) is 60.9 Å². The molecule has 5 nitrogen and oxygen atoms in total. The highest BCUT2D eigenvalue weighted by Gasteiger charge is 2.44. The Kier molecular flexibility index (Phi) is 4.10. The van der Waals surface area contributed by atoms with E-state index in [1.165, 1.54) is 9.80 Å². The fraction of sp³-hybridized carbons (Fsp3) is 0.833. The van der Waals surface area contributed by atoms with Crippen molar-refractivity contribution in [3.05, 3.63) is 0 Å². The fourth-order valence-electron chi connectivity index (χ4n) is 2.72. The number of halogens is 3. The summed E-state index contributed by atoms with van der Waals surface area (Å²) in [5.41, 5.74) is 0. The van der Waals surface area contributed by atoms with Gasteiger partial charge in [-0.1, -0.05) is 0 Å². The molecule has 0 aliphatic carbocycles. The number of rotatable bonds is 2. The van der Waals surface area contributed by atoms with Crippen LogP contribution >= 0.6 is 0 Å². The molecule has 1 N–H and O–H groups in total. The van der Waals surface area contributed by atoms with Crippen LogP contribution in [0, 0.1) is 11.8 Å². The maximum absolute atomic E-state index is 12.7. The van der Waals surface area contributed by atoms with Crippen molar-refractivity contribution in [1.82, 2.24) is 9.80 Å². The number of hydrogen-bond donors (Lipinski definition) is 1. The zero-order chi connectivity index (χ0) is 14.9. The minimum Gasteiger partial charge on any atom is -0.481 e. The predicted molar refractivity (Wildman–Crippen MR) is 63.1 cm³/mol. The summed E-state index contributed by atoms with van der Waals surface area (Å²) in [7, 11) is 0. The Hall–Kier alpha value is -1.47. The van der Waals surface area contributed by atoms with Crippen molar-refractivity contribution in [2.24, 2.45) is 11.8 Å². The van der Waals surface area contributed by atoms with Crippen molar-refractivity contribution in [3.63, 3.8) is 0 Å². The molecule has 2 rings (SSSR count). The lowest BCUT2D eigenvalue weighted by atomic mass is 9.95. The van der Waals surface area contributed by atoms with Gasteiger partial charge in [-0.2, -0.15) is 13.2 Å². The molecule has 2 aliphatic heterocycles. The summed E-state index contributed by atoms with van der Waals surface area (Å²) in [6.45, 7) is 0.685. The molecular formula is C12H17F3N2O3.